The first-order chi connectivity index (χ1) is 17.7. The van der Waals surface area contributed by atoms with Crippen molar-refractivity contribution in [2.24, 2.45) is 5.92 Å². The van der Waals surface area contributed by atoms with E-state index < -0.39 is 6.29 Å². The number of thioether (sulfide) groups is 1. The Balaban J connectivity index is 1.25. The predicted octanol–water partition coefficient (Wildman–Crippen LogP) is 6.61. The van der Waals surface area contributed by atoms with E-state index >= 15 is 0 Å². The van der Waals surface area contributed by atoms with Gasteiger partial charge in [-0.15, -0.1) is 0 Å². The van der Waals surface area contributed by atoms with Gasteiger partial charge in [0.2, 0.25) is 5.09 Å². The molecule has 6 rings (SSSR count). The van der Waals surface area contributed by atoms with E-state index in [1.807, 2.05) is 24.3 Å². The first-order valence-corrected chi connectivity index (χ1v) is 13.8. The number of imidazole rings is 1. The van der Waals surface area contributed by atoms with Crippen LogP contribution in [0.3, 0.4) is 0 Å². The number of hydrogen-bond acceptors (Lipinski definition) is 6. The molecule has 184 valence electrons. The van der Waals surface area contributed by atoms with Crippen molar-refractivity contribution in [3.05, 3.63) is 93.4 Å². The van der Waals surface area contributed by atoms with Gasteiger partial charge in [0.05, 0.1) is 6.33 Å². The lowest BCUT2D eigenvalue weighted by atomic mass is 9.84. The van der Waals surface area contributed by atoms with Crippen molar-refractivity contribution in [1.82, 2.24) is 19.5 Å². The van der Waals surface area contributed by atoms with Gasteiger partial charge in [-0.3, -0.25) is 5.41 Å². The maximum absolute atomic E-state index is 8.36. The molecule has 1 saturated carbocycles. The fourth-order valence-corrected chi connectivity index (χ4v) is 6.35. The zero-order valence-electron chi connectivity index (χ0n) is 19.6. The van der Waals surface area contributed by atoms with Gasteiger partial charge in [0.25, 0.3) is 6.29 Å². The maximum atomic E-state index is 8.36. The molecular formula is C27H26BrN5O2S. The number of halogens is 1. The molecular weight excluding hydrogens is 538 g/mol. The van der Waals surface area contributed by atoms with Gasteiger partial charge in [-0.2, -0.15) is 0 Å². The molecule has 36 heavy (non-hydrogen) atoms. The van der Waals surface area contributed by atoms with Gasteiger partial charge in [-0.25, -0.2) is 9.97 Å². The molecule has 2 atom stereocenters. The number of nitrogens with one attached hydrogen (secondary N) is 2. The molecule has 3 heterocycles. The minimum Gasteiger partial charge on any atom is -0.454 e. The van der Waals surface area contributed by atoms with Crippen molar-refractivity contribution in [1.29, 1.82) is 5.41 Å². The number of benzene rings is 2. The monoisotopic (exact) mass is 563 g/mol. The van der Waals surface area contributed by atoms with Crippen molar-refractivity contribution in [3.63, 3.8) is 0 Å². The molecule has 0 bridgehead atoms. The molecule has 2 aromatic carbocycles. The standard InChI is InChI=1S/C27H26BrN5O2S/c28-21-13-7-6-12-19(21)26-34-15-22(35-26)36-27-31-23-24(29)30-16-33(25(23)32-27)14-20(18-10-4-5-11-18)17-8-2-1-3-9-17/h1-3,6-9,12-13,15-16,18,20,26,29H,4-5,10-11,14H2,(H,31,32). The third-order valence-electron chi connectivity index (χ3n) is 6.96. The van der Waals surface area contributed by atoms with Crippen LogP contribution in [0.15, 0.2) is 81.9 Å². The molecule has 1 fully saturated rings. The number of fused-ring (bicyclic) bond motifs is 1. The second-order valence-corrected chi connectivity index (χ2v) is 11.0. The van der Waals surface area contributed by atoms with Gasteiger partial charge in [0.1, 0.15) is 11.8 Å². The Hall–Kier alpha value is -3.04. The van der Waals surface area contributed by atoms with E-state index in [0.717, 1.165) is 22.2 Å². The SMILES string of the molecule is N=c1ncn(CC(c2ccccc2)C2CCCC2)c2nc(SC3=COC(c4ccccc4Br)O3)[nH]c12. The highest BCUT2D eigenvalue weighted by Crippen LogP contribution is 2.40. The van der Waals surface area contributed by atoms with Crippen molar-refractivity contribution in [2.75, 3.05) is 0 Å². The number of hydrogen-bond donors (Lipinski definition) is 2. The van der Waals surface area contributed by atoms with Crippen LogP contribution in [0.25, 0.3) is 11.2 Å². The molecule has 0 amide bonds. The molecule has 2 aromatic heterocycles. The van der Waals surface area contributed by atoms with Crippen LogP contribution in [-0.2, 0) is 16.0 Å². The topological polar surface area (TPSA) is 88.8 Å². The van der Waals surface area contributed by atoms with E-state index in [2.05, 4.69) is 60.8 Å². The minimum absolute atomic E-state index is 0.182. The second-order valence-electron chi connectivity index (χ2n) is 9.19. The van der Waals surface area contributed by atoms with Gasteiger partial charge in [-0.1, -0.05) is 77.3 Å². The zero-order valence-corrected chi connectivity index (χ0v) is 22.0. The van der Waals surface area contributed by atoms with Crippen molar-refractivity contribution >= 4 is 38.9 Å². The molecule has 0 spiro atoms. The number of rotatable bonds is 7. The quantitative estimate of drug-likeness (QED) is 0.264. The molecule has 0 radical (unpaired) electrons. The number of aromatic amines is 1. The summed E-state index contributed by atoms with van der Waals surface area (Å²) >= 11 is 4.90. The summed E-state index contributed by atoms with van der Waals surface area (Å²) < 4.78 is 14.8. The third-order valence-corrected chi connectivity index (χ3v) is 8.46. The lowest BCUT2D eigenvalue weighted by Crippen LogP contribution is -2.20. The predicted molar refractivity (Wildman–Crippen MR) is 142 cm³/mol. The summed E-state index contributed by atoms with van der Waals surface area (Å²) in [7, 11) is 0. The van der Waals surface area contributed by atoms with Crippen LogP contribution in [0.1, 0.15) is 49.0 Å². The Morgan fingerprint density at radius 1 is 1.11 bits per heavy atom. The van der Waals surface area contributed by atoms with E-state index in [1.54, 1.807) is 12.6 Å². The molecule has 7 nitrogen and oxygen atoms in total. The van der Waals surface area contributed by atoms with E-state index in [9.17, 15) is 0 Å². The molecule has 1 aliphatic heterocycles. The Kier molecular flexibility index (Phi) is 6.58. The Morgan fingerprint density at radius 2 is 1.89 bits per heavy atom. The van der Waals surface area contributed by atoms with Gasteiger partial charge < -0.3 is 19.0 Å². The van der Waals surface area contributed by atoms with Gasteiger partial charge in [0.15, 0.2) is 16.3 Å². The maximum Gasteiger partial charge on any atom is 0.268 e. The number of aromatic nitrogens is 4. The molecule has 1 aliphatic carbocycles. The van der Waals surface area contributed by atoms with Crippen LogP contribution in [0.2, 0.25) is 0 Å². The van der Waals surface area contributed by atoms with Crippen molar-refractivity contribution < 1.29 is 9.47 Å². The van der Waals surface area contributed by atoms with Crippen LogP contribution in [0, 0.1) is 11.3 Å². The highest BCUT2D eigenvalue weighted by molar-refractivity contribution is 9.10. The van der Waals surface area contributed by atoms with Gasteiger partial charge >= 0.3 is 0 Å². The summed E-state index contributed by atoms with van der Waals surface area (Å²) in [5.41, 5.74) is 3.81. The van der Waals surface area contributed by atoms with Crippen LogP contribution in [0.5, 0.6) is 0 Å². The summed E-state index contributed by atoms with van der Waals surface area (Å²) in [6.07, 6.45) is 7.93. The number of H-pyrrole nitrogens is 1. The first-order valence-electron chi connectivity index (χ1n) is 12.1. The lowest BCUT2D eigenvalue weighted by molar-refractivity contribution is -0.0278. The van der Waals surface area contributed by atoms with Crippen molar-refractivity contribution in [2.45, 2.75) is 49.6 Å². The largest absolute Gasteiger partial charge is 0.454 e. The highest BCUT2D eigenvalue weighted by Gasteiger charge is 2.28. The van der Waals surface area contributed by atoms with Crippen LogP contribution >= 0.6 is 27.7 Å². The van der Waals surface area contributed by atoms with E-state index in [0.29, 0.717) is 27.6 Å². The first kappa shape index (κ1) is 23.4. The number of ether oxygens (including phenoxy) is 2. The van der Waals surface area contributed by atoms with Gasteiger partial charge in [-0.05, 0) is 42.2 Å². The van der Waals surface area contributed by atoms with Gasteiger partial charge in [0, 0.05) is 22.5 Å². The smallest absolute Gasteiger partial charge is 0.268 e. The molecule has 2 aliphatic rings. The molecule has 2 N–H and O–H groups in total. The highest BCUT2D eigenvalue weighted by atomic mass is 79.9. The summed E-state index contributed by atoms with van der Waals surface area (Å²) in [6.45, 7) is 0.778. The fraction of sp³-hybridized carbons (Fsp3) is 0.296. The Morgan fingerprint density at radius 3 is 2.69 bits per heavy atom. The molecule has 4 aromatic rings. The molecule has 0 saturated heterocycles. The zero-order chi connectivity index (χ0) is 24.5. The van der Waals surface area contributed by atoms with E-state index in [1.165, 1.54) is 43.0 Å². The average molecular weight is 565 g/mol. The summed E-state index contributed by atoms with van der Waals surface area (Å²) in [6, 6.07) is 18.6. The Bertz CT molecular complexity index is 1460. The van der Waals surface area contributed by atoms with Crippen LogP contribution < -0.4 is 5.49 Å². The summed E-state index contributed by atoms with van der Waals surface area (Å²) in [5.74, 6) is 1.02. The number of nitrogens with zero attached hydrogens (tertiary/aromatic N) is 3. The summed E-state index contributed by atoms with van der Waals surface area (Å²) in [4.78, 5) is 12.5. The fourth-order valence-electron chi connectivity index (χ4n) is 5.17. The Labute approximate surface area is 221 Å². The van der Waals surface area contributed by atoms with E-state index in [-0.39, 0.29) is 5.49 Å². The molecule has 2 unspecified atom stereocenters. The second kappa shape index (κ2) is 10.1. The normalized spacial score (nSPS) is 18.7. The van der Waals surface area contributed by atoms with E-state index in [4.69, 9.17) is 19.9 Å². The lowest BCUT2D eigenvalue weighted by Gasteiger charge is -2.25. The van der Waals surface area contributed by atoms with Crippen LogP contribution in [0.4, 0.5) is 0 Å². The van der Waals surface area contributed by atoms with Crippen LogP contribution in [-0.4, -0.2) is 19.5 Å². The summed E-state index contributed by atoms with van der Waals surface area (Å²) in [5, 5.41) is 9.60. The third kappa shape index (κ3) is 4.69. The minimum atomic E-state index is -0.510. The molecule has 9 heteroatoms. The van der Waals surface area contributed by atoms with Crippen molar-refractivity contribution in [3.8, 4) is 0 Å². The average Bonchev–Trinajstić information content (AvgIpc) is 3.67.